The summed E-state index contributed by atoms with van der Waals surface area (Å²) in [6.07, 6.45) is 1.79. The van der Waals surface area contributed by atoms with Gasteiger partial charge in [0.25, 0.3) is 0 Å². The molecule has 0 spiro atoms. The highest BCUT2D eigenvalue weighted by Gasteiger charge is 2.27. The van der Waals surface area contributed by atoms with Gasteiger partial charge < -0.3 is 9.72 Å². The number of rotatable bonds is 7. The molecule has 1 aliphatic heterocycles. The monoisotopic (exact) mass is 438 g/mol. The Labute approximate surface area is 195 Å². The highest BCUT2D eigenvalue weighted by molar-refractivity contribution is 5.63. The maximum absolute atomic E-state index is 5.40. The largest absolute Gasteiger partial charge is 0.497 e. The number of hydrogen-bond donors (Lipinski definition) is 1. The van der Waals surface area contributed by atoms with Gasteiger partial charge >= 0.3 is 0 Å². The van der Waals surface area contributed by atoms with Gasteiger partial charge in [-0.15, -0.1) is 0 Å². The fourth-order valence-electron chi connectivity index (χ4n) is 4.75. The molecule has 33 heavy (non-hydrogen) atoms. The average Bonchev–Trinajstić information content (AvgIpc) is 3.35. The fraction of sp³-hybridized carbons (Fsp3) is 0.250. The topological polar surface area (TPSA) is 44.4 Å². The van der Waals surface area contributed by atoms with E-state index >= 15 is 0 Å². The van der Waals surface area contributed by atoms with Crippen molar-refractivity contribution in [3.05, 3.63) is 108 Å². The van der Waals surface area contributed by atoms with Gasteiger partial charge in [0, 0.05) is 38.3 Å². The number of imidazole rings is 1. The zero-order valence-electron chi connectivity index (χ0n) is 19.0. The average molecular weight is 439 g/mol. The van der Waals surface area contributed by atoms with Gasteiger partial charge in [0.15, 0.2) is 0 Å². The molecule has 5 nitrogen and oxygen atoms in total. The molecule has 0 saturated carbocycles. The minimum absolute atomic E-state index is 0.286. The third-order valence-corrected chi connectivity index (χ3v) is 6.45. The van der Waals surface area contributed by atoms with E-state index in [0.717, 1.165) is 55.4 Å². The van der Waals surface area contributed by atoms with Crippen molar-refractivity contribution >= 4 is 0 Å². The minimum Gasteiger partial charge on any atom is -0.497 e. The lowest BCUT2D eigenvalue weighted by molar-refractivity contribution is 0.104. The normalized spacial score (nSPS) is 15.1. The molecule has 0 unspecified atom stereocenters. The molecule has 168 valence electrons. The summed E-state index contributed by atoms with van der Waals surface area (Å²) in [6.45, 7) is 4.95. The van der Waals surface area contributed by atoms with Gasteiger partial charge in [-0.3, -0.25) is 9.80 Å². The number of aromatic nitrogens is 2. The van der Waals surface area contributed by atoms with Crippen molar-refractivity contribution in [1.29, 1.82) is 0 Å². The molecule has 0 amide bonds. The quantitative estimate of drug-likeness (QED) is 0.441. The number of nitrogens with zero attached hydrogens (tertiary/aromatic N) is 3. The van der Waals surface area contributed by atoms with E-state index in [1.165, 1.54) is 11.1 Å². The molecule has 0 radical (unpaired) electrons. The number of ether oxygens (including phenoxy) is 1. The van der Waals surface area contributed by atoms with E-state index in [0.29, 0.717) is 0 Å². The molecule has 5 rings (SSSR count). The van der Waals surface area contributed by atoms with Crippen LogP contribution in [0.5, 0.6) is 5.75 Å². The van der Waals surface area contributed by atoms with Gasteiger partial charge in [-0.1, -0.05) is 72.8 Å². The van der Waals surface area contributed by atoms with Crippen LogP contribution in [0, 0.1) is 0 Å². The van der Waals surface area contributed by atoms with Crippen molar-refractivity contribution in [2.75, 3.05) is 33.3 Å². The summed E-state index contributed by atoms with van der Waals surface area (Å²) in [5.74, 6) is 0.850. The summed E-state index contributed by atoms with van der Waals surface area (Å²) >= 11 is 0. The lowest BCUT2D eigenvalue weighted by Crippen LogP contribution is -2.47. The zero-order chi connectivity index (χ0) is 22.5. The Kier molecular flexibility index (Phi) is 6.51. The van der Waals surface area contributed by atoms with Crippen molar-refractivity contribution in [3.63, 3.8) is 0 Å². The number of nitrogens with one attached hydrogen (secondary N) is 1. The smallest absolute Gasteiger partial charge is 0.119 e. The lowest BCUT2D eigenvalue weighted by Gasteiger charge is -2.39. The highest BCUT2D eigenvalue weighted by Crippen LogP contribution is 2.30. The van der Waals surface area contributed by atoms with Crippen LogP contribution in [0.15, 0.2) is 91.3 Å². The van der Waals surface area contributed by atoms with Crippen LogP contribution in [0.2, 0.25) is 0 Å². The number of H-pyrrole nitrogens is 1. The Morgan fingerprint density at radius 1 is 0.848 bits per heavy atom. The maximum atomic E-state index is 5.40. The molecule has 3 aromatic carbocycles. The number of piperazine rings is 1. The van der Waals surface area contributed by atoms with Gasteiger partial charge in [-0.05, 0) is 23.3 Å². The molecule has 1 N–H and O–H groups in total. The second-order valence-corrected chi connectivity index (χ2v) is 8.50. The summed E-state index contributed by atoms with van der Waals surface area (Å²) in [5, 5.41) is 0. The molecule has 1 aromatic heterocycles. The summed E-state index contributed by atoms with van der Waals surface area (Å²) in [5.41, 5.74) is 5.94. The molecule has 0 atom stereocenters. The van der Waals surface area contributed by atoms with E-state index in [4.69, 9.17) is 4.74 Å². The minimum atomic E-state index is 0.286. The summed E-state index contributed by atoms with van der Waals surface area (Å²) < 4.78 is 5.40. The Bertz CT molecular complexity index is 1110. The second-order valence-electron chi connectivity index (χ2n) is 8.50. The Hall–Kier alpha value is -3.41. The maximum Gasteiger partial charge on any atom is 0.119 e. The van der Waals surface area contributed by atoms with Crippen LogP contribution in [-0.2, 0) is 6.54 Å². The first-order valence-electron chi connectivity index (χ1n) is 11.5. The van der Waals surface area contributed by atoms with Crippen molar-refractivity contribution in [3.8, 4) is 17.0 Å². The van der Waals surface area contributed by atoms with Crippen LogP contribution in [0.25, 0.3) is 11.3 Å². The highest BCUT2D eigenvalue weighted by atomic mass is 16.5. The standard InChI is InChI=1S/C28H30N4O/c1-33-25-14-8-13-24(19-25)27-26(29-21-30-27)20-31-15-17-32(18-16-31)28(22-9-4-2-5-10-22)23-11-6-3-7-12-23/h2-14,19,21,28H,15-18,20H2,1H3,(H,29,30). The molecule has 4 aromatic rings. The van der Waals surface area contributed by atoms with Gasteiger partial charge in [-0.25, -0.2) is 4.98 Å². The Morgan fingerprint density at radius 2 is 1.52 bits per heavy atom. The van der Waals surface area contributed by atoms with Crippen LogP contribution in [0.4, 0.5) is 0 Å². The van der Waals surface area contributed by atoms with Gasteiger partial charge in [0.1, 0.15) is 5.75 Å². The SMILES string of the molecule is COc1cccc(-c2nc[nH]c2CN2CCN(C(c3ccccc3)c3ccccc3)CC2)c1. The number of aromatic amines is 1. The Balaban J connectivity index is 1.29. The zero-order valence-corrected chi connectivity index (χ0v) is 19.0. The van der Waals surface area contributed by atoms with Gasteiger partial charge in [0.05, 0.1) is 30.9 Å². The number of benzene rings is 3. The number of hydrogen-bond acceptors (Lipinski definition) is 4. The predicted molar refractivity (Wildman–Crippen MR) is 132 cm³/mol. The van der Waals surface area contributed by atoms with Crippen LogP contribution in [-0.4, -0.2) is 53.1 Å². The van der Waals surface area contributed by atoms with Crippen molar-refractivity contribution < 1.29 is 4.74 Å². The van der Waals surface area contributed by atoms with Crippen LogP contribution >= 0.6 is 0 Å². The molecule has 1 fully saturated rings. The second kappa shape index (κ2) is 10.0. The van der Waals surface area contributed by atoms with Crippen LogP contribution in [0.3, 0.4) is 0 Å². The Morgan fingerprint density at radius 3 is 2.15 bits per heavy atom. The van der Waals surface area contributed by atoms with Crippen molar-refractivity contribution in [2.45, 2.75) is 12.6 Å². The molecule has 0 bridgehead atoms. The molecule has 2 heterocycles. The molecule has 1 saturated heterocycles. The molecule has 0 aliphatic carbocycles. The molecular weight excluding hydrogens is 408 g/mol. The summed E-state index contributed by atoms with van der Waals surface area (Å²) in [7, 11) is 1.70. The predicted octanol–water partition coefficient (Wildman–Crippen LogP) is 4.99. The van der Waals surface area contributed by atoms with Crippen LogP contribution in [0.1, 0.15) is 22.9 Å². The fourth-order valence-corrected chi connectivity index (χ4v) is 4.75. The first-order chi connectivity index (χ1) is 16.3. The first kappa shape index (κ1) is 21.4. The van der Waals surface area contributed by atoms with E-state index in [1.807, 2.05) is 18.2 Å². The third kappa shape index (κ3) is 4.85. The number of methoxy groups -OCH3 is 1. The van der Waals surface area contributed by atoms with Gasteiger partial charge in [-0.2, -0.15) is 0 Å². The molecular formula is C28H30N4O. The van der Waals surface area contributed by atoms with E-state index in [1.54, 1.807) is 13.4 Å². The lowest BCUT2D eigenvalue weighted by atomic mass is 9.96. The van der Waals surface area contributed by atoms with E-state index < -0.39 is 0 Å². The van der Waals surface area contributed by atoms with Gasteiger partial charge in [0.2, 0.25) is 0 Å². The van der Waals surface area contributed by atoms with Crippen molar-refractivity contribution in [2.24, 2.45) is 0 Å². The van der Waals surface area contributed by atoms with E-state index in [9.17, 15) is 0 Å². The molecule has 5 heteroatoms. The third-order valence-electron chi connectivity index (χ3n) is 6.45. The first-order valence-corrected chi connectivity index (χ1v) is 11.5. The molecule has 1 aliphatic rings. The van der Waals surface area contributed by atoms with E-state index in [-0.39, 0.29) is 6.04 Å². The van der Waals surface area contributed by atoms with Crippen molar-refractivity contribution in [1.82, 2.24) is 19.8 Å². The summed E-state index contributed by atoms with van der Waals surface area (Å²) in [6, 6.07) is 30.1. The summed E-state index contributed by atoms with van der Waals surface area (Å²) in [4.78, 5) is 13.1. The van der Waals surface area contributed by atoms with E-state index in [2.05, 4.69) is 86.5 Å². The van der Waals surface area contributed by atoms with Crippen LogP contribution < -0.4 is 4.74 Å².